The van der Waals surface area contributed by atoms with E-state index in [0.29, 0.717) is 15.7 Å². The van der Waals surface area contributed by atoms with Crippen LogP contribution in [0, 0.1) is 6.92 Å². The minimum Gasteiger partial charge on any atom is -0.336 e. The van der Waals surface area contributed by atoms with Crippen LogP contribution in [0.4, 0.5) is 5.13 Å². The highest BCUT2D eigenvalue weighted by molar-refractivity contribution is 7.18. The average Bonchev–Trinajstić information content (AvgIpc) is 3.10. The predicted molar refractivity (Wildman–Crippen MR) is 112 cm³/mol. The van der Waals surface area contributed by atoms with E-state index >= 15 is 0 Å². The van der Waals surface area contributed by atoms with E-state index < -0.39 is 9.96 Å². The molecule has 0 fully saturated rings. The third-order valence-electron chi connectivity index (χ3n) is 3.60. The molecule has 1 unspecified atom stereocenters. The van der Waals surface area contributed by atoms with E-state index in [1.807, 2.05) is 43.3 Å². The Hall–Kier alpha value is -1.86. The van der Waals surface area contributed by atoms with Gasteiger partial charge in [0.15, 0.2) is 0 Å². The molecule has 3 aromatic rings. The van der Waals surface area contributed by atoms with Gasteiger partial charge in [-0.2, -0.15) is 0 Å². The Morgan fingerprint density at radius 2 is 1.81 bits per heavy atom. The molecule has 0 radical (unpaired) electrons. The maximum atomic E-state index is 12.5. The maximum Gasteiger partial charge on any atom is 0.252 e. The van der Waals surface area contributed by atoms with Crippen molar-refractivity contribution in [2.45, 2.75) is 16.9 Å². The van der Waals surface area contributed by atoms with Crippen molar-refractivity contribution in [2.75, 3.05) is 5.32 Å². The summed E-state index contributed by atoms with van der Waals surface area (Å²) in [5.74, 6) is -0.365. The molecule has 0 aliphatic rings. The number of anilines is 1. The van der Waals surface area contributed by atoms with Gasteiger partial charge in [0.2, 0.25) is 8.92 Å². The number of nitrogens with one attached hydrogen (secondary N) is 2. The fraction of sp³-hybridized carbons (Fsp3) is 0.167. The molecule has 0 spiro atoms. The van der Waals surface area contributed by atoms with E-state index in [-0.39, 0.29) is 5.91 Å². The Morgan fingerprint density at radius 1 is 1.07 bits per heavy atom. The number of amides is 1. The molecule has 3 rings (SSSR count). The molecule has 0 aliphatic heterocycles. The molecule has 0 saturated carbocycles. The largest absolute Gasteiger partial charge is 0.336 e. The highest BCUT2D eigenvalue weighted by atomic mass is 35.6. The van der Waals surface area contributed by atoms with Gasteiger partial charge in [0.05, 0.1) is 0 Å². The van der Waals surface area contributed by atoms with Gasteiger partial charge in [-0.1, -0.05) is 94.2 Å². The van der Waals surface area contributed by atoms with Gasteiger partial charge >= 0.3 is 0 Å². The minimum atomic E-state index is -1.79. The van der Waals surface area contributed by atoms with E-state index in [1.54, 1.807) is 18.2 Å². The summed E-state index contributed by atoms with van der Waals surface area (Å²) in [5, 5.41) is 15.0. The van der Waals surface area contributed by atoms with Gasteiger partial charge in [-0.15, -0.1) is 10.2 Å². The molecule has 9 heteroatoms. The zero-order chi connectivity index (χ0) is 19.4. The number of hydrogen-bond acceptors (Lipinski definition) is 5. The summed E-state index contributed by atoms with van der Waals surface area (Å²) in [6.07, 6.45) is -0.993. The Kier molecular flexibility index (Phi) is 6.22. The van der Waals surface area contributed by atoms with E-state index in [9.17, 15) is 4.79 Å². The third kappa shape index (κ3) is 5.32. The lowest BCUT2D eigenvalue weighted by Crippen LogP contribution is -2.49. The van der Waals surface area contributed by atoms with Gasteiger partial charge < -0.3 is 10.6 Å². The molecule has 2 aromatic carbocycles. The second kappa shape index (κ2) is 8.44. The van der Waals surface area contributed by atoms with Crippen LogP contribution in [0.3, 0.4) is 0 Å². The molecule has 140 valence electrons. The number of alkyl halides is 3. The summed E-state index contributed by atoms with van der Waals surface area (Å²) in [4.78, 5) is 12.5. The molecule has 0 saturated heterocycles. The Bertz CT molecular complexity index is 928. The zero-order valence-corrected chi connectivity index (χ0v) is 17.2. The van der Waals surface area contributed by atoms with E-state index in [0.717, 1.165) is 11.1 Å². The van der Waals surface area contributed by atoms with E-state index in [1.165, 1.54) is 11.3 Å². The van der Waals surface area contributed by atoms with Crippen molar-refractivity contribution >= 4 is 57.2 Å². The fourth-order valence-electron chi connectivity index (χ4n) is 2.30. The summed E-state index contributed by atoms with van der Waals surface area (Å²) >= 11 is 19.4. The van der Waals surface area contributed by atoms with Crippen LogP contribution >= 0.6 is 46.1 Å². The van der Waals surface area contributed by atoms with E-state index in [2.05, 4.69) is 20.8 Å². The van der Waals surface area contributed by atoms with Crippen LogP contribution in [0.2, 0.25) is 0 Å². The van der Waals surface area contributed by atoms with Crippen molar-refractivity contribution in [3.63, 3.8) is 0 Å². The minimum absolute atomic E-state index is 0.365. The molecular formula is C18H15Cl3N4OS. The predicted octanol–water partition coefficient (Wildman–Crippen LogP) is 5.05. The van der Waals surface area contributed by atoms with Crippen LogP contribution in [0.25, 0.3) is 10.6 Å². The lowest BCUT2D eigenvalue weighted by molar-refractivity contribution is 0.0941. The number of halogens is 3. The number of benzene rings is 2. The first-order valence-electron chi connectivity index (χ1n) is 7.92. The smallest absolute Gasteiger partial charge is 0.252 e. The van der Waals surface area contributed by atoms with Gasteiger partial charge in [-0.05, 0) is 19.1 Å². The molecule has 5 nitrogen and oxygen atoms in total. The molecule has 1 heterocycles. The van der Waals surface area contributed by atoms with Crippen molar-refractivity contribution in [1.29, 1.82) is 0 Å². The normalized spacial score (nSPS) is 12.4. The number of nitrogens with zero attached hydrogens (tertiary/aromatic N) is 2. The summed E-state index contributed by atoms with van der Waals surface area (Å²) in [6.45, 7) is 1.90. The van der Waals surface area contributed by atoms with E-state index in [4.69, 9.17) is 34.8 Å². The van der Waals surface area contributed by atoms with Gasteiger partial charge in [-0.25, -0.2) is 0 Å². The van der Waals surface area contributed by atoms with Crippen LogP contribution in [0.15, 0.2) is 54.6 Å². The van der Waals surface area contributed by atoms with Gasteiger partial charge in [-0.3, -0.25) is 4.79 Å². The fourth-order valence-corrected chi connectivity index (χ4v) is 3.41. The van der Waals surface area contributed by atoms with Crippen molar-refractivity contribution < 1.29 is 4.79 Å². The van der Waals surface area contributed by atoms with Crippen molar-refractivity contribution in [1.82, 2.24) is 15.5 Å². The number of aromatic nitrogens is 2. The van der Waals surface area contributed by atoms with Gasteiger partial charge in [0.1, 0.15) is 11.2 Å². The van der Waals surface area contributed by atoms with Gasteiger partial charge in [0.25, 0.3) is 5.91 Å². The molecule has 1 atom stereocenters. The van der Waals surface area contributed by atoms with Crippen molar-refractivity contribution in [3.05, 3.63) is 65.7 Å². The second-order valence-electron chi connectivity index (χ2n) is 5.74. The zero-order valence-electron chi connectivity index (χ0n) is 14.1. The lowest BCUT2D eigenvalue weighted by atomic mass is 10.1. The highest BCUT2D eigenvalue weighted by Crippen LogP contribution is 2.33. The number of carbonyl (C=O) groups excluding carboxylic acids is 1. The Morgan fingerprint density at radius 3 is 2.48 bits per heavy atom. The van der Waals surface area contributed by atoms with Gasteiger partial charge in [0, 0.05) is 11.1 Å². The van der Waals surface area contributed by atoms with Crippen LogP contribution in [0.1, 0.15) is 15.9 Å². The first-order chi connectivity index (χ1) is 12.8. The highest BCUT2D eigenvalue weighted by Gasteiger charge is 2.35. The molecular weight excluding hydrogens is 427 g/mol. The lowest BCUT2D eigenvalue weighted by Gasteiger charge is -2.26. The molecule has 0 aliphatic carbocycles. The number of rotatable bonds is 5. The van der Waals surface area contributed by atoms with Crippen molar-refractivity contribution in [3.8, 4) is 10.6 Å². The summed E-state index contributed by atoms with van der Waals surface area (Å²) in [5.41, 5.74) is 2.35. The molecule has 0 bridgehead atoms. The molecule has 2 N–H and O–H groups in total. The summed E-state index contributed by atoms with van der Waals surface area (Å²) in [7, 11) is 0. The third-order valence-corrected chi connectivity index (χ3v) is 5.15. The Balaban J connectivity index is 1.76. The summed E-state index contributed by atoms with van der Waals surface area (Å²) in [6, 6.07) is 16.7. The van der Waals surface area contributed by atoms with Crippen LogP contribution in [-0.4, -0.2) is 26.1 Å². The van der Waals surface area contributed by atoms with Crippen LogP contribution in [-0.2, 0) is 0 Å². The number of hydrogen-bond donors (Lipinski definition) is 2. The topological polar surface area (TPSA) is 66.9 Å². The number of aryl methyl sites for hydroxylation is 1. The standard InChI is InChI=1S/C18H15Cl3N4OS/c1-11-6-5-9-13(10-11)14(26)22-16(18(19,20)21)23-17-25-24-15(27-17)12-7-3-2-4-8-12/h2-10,16H,1H3,(H,22,26)(H,23,25). The first kappa shape index (κ1) is 19.9. The second-order valence-corrected chi connectivity index (χ2v) is 9.09. The summed E-state index contributed by atoms with van der Waals surface area (Å²) < 4.78 is -1.79. The SMILES string of the molecule is Cc1cccc(C(=O)NC(Nc2nnc(-c3ccccc3)s2)C(Cl)(Cl)Cl)c1. The van der Waals surface area contributed by atoms with Crippen molar-refractivity contribution in [2.24, 2.45) is 0 Å². The quantitative estimate of drug-likeness (QED) is 0.429. The monoisotopic (exact) mass is 440 g/mol. The Labute approximate surface area is 175 Å². The van der Waals surface area contributed by atoms with Crippen LogP contribution in [0.5, 0.6) is 0 Å². The molecule has 1 aromatic heterocycles. The van der Waals surface area contributed by atoms with Crippen LogP contribution < -0.4 is 10.6 Å². The molecule has 1 amide bonds. The maximum absolute atomic E-state index is 12.5. The number of carbonyl (C=O) groups is 1. The average molecular weight is 442 g/mol. The first-order valence-corrected chi connectivity index (χ1v) is 9.87. The molecule has 27 heavy (non-hydrogen) atoms.